The minimum atomic E-state index is -1.55. The van der Waals surface area contributed by atoms with E-state index in [0.717, 1.165) is 15.3 Å². The van der Waals surface area contributed by atoms with Gasteiger partial charge < -0.3 is 5.11 Å². The van der Waals surface area contributed by atoms with Gasteiger partial charge in [0.1, 0.15) is 5.54 Å². The Morgan fingerprint density at radius 1 is 1.22 bits per heavy atom. The van der Waals surface area contributed by atoms with E-state index in [1.165, 1.54) is 18.3 Å². The van der Waals surface area contributed by atoms with Crippen molar-refractivity contribution in [2.24, 2.45) is 11.8 Å². The summed E-state index contributed by atoms with van der Waals surface area (Å²) in [6, 6.07) is 9.98. The largest absolute Gasteiger partial charge is 0.480 e. The fourth-order valence-corrected chi connectivity index (χ4v) is 5.29. The van der Waals surface area contributed by atoms with Gasteiger partial charge in [-0.05, 0) is 37.6 Å². The molecule has 27 heavy (non-hydrogen) atoms. The molecule has 2 aliphatic rings. The van der Waals surface area contributed by atoms with Gasteiger partial charge in [0.15, 0.2) is 0 Å². The molecule has 140 valence electrons. The molecule has 8 heteroatoms. The van der Waals surface area contributed by atoms with Crippen LogP contribution in [0.2, 0.25) is 4.34 Å². The minimum absolute atomic E-state index is 0.383. The van der Waals surface area contributed by atoms with E-state index >= 15 is 0 Å². The second kappa shape index (κ2) is 6.15. The van der Waals surface area contributed by atoms with Gasteiger partial charge in [-0.3, -0.25) is 19.7 Å². The van der Waals surface area contributed by atoms with Crippen molar-refractivity contribution in [3.63, 3.8) is 0 Å². The molecule has 2 saturated heterocycles. The Morgan fingerprint density at radius 2 is 1.93 bits per heavy atom. The third-order valence-corrected chi connectivity index (χ3v) is 6.80. The van der Waals surface area contributed by atoms with Gasteiger partial charge in [0, 0.05) is 4.88 Å². The highest BCUT2D eigenvalue weighted by atomic mass is 35.5. The molecule has 1 aromatic carbocycles. The minimum Gasteiger partial charge on any atom is -0.480 e. The Hall–Kier alpha value is -2.22. The second-order valence-electron chi connectivity index (χ2n) is 7.07. The number of carbonyl (C=O) groups excluding carboxylic acids is 2. The maximum atomic E-state index is 13.3. The molecule has 0 bridgehead atoms. The van der Waals surface area contributed by atoms with Crippen LogP contribution in [-0.4, -0.2) is 28.4 Å². The number of fused-ring (bicyclic) bond motifs is 1. The third kappa shape index (κ3) is 2.53. The maximum absolute atomic E-state index is 13.3. The highest BCUT2D eigenvalue weighted by Crippen LogP contribution is 2.51. The van der Waals surface area contributed by atoms with E-state index in [1.54, 1.807) is 24.3 Å². The zero-order chi connectivity index (χ0) is 19.5. The Kier molecular flexibility index (Phi) is 4.14. The van der Waals surface area contributed by atoms with Crippen LogP contribution >= 0.6 is 22.9 Å². The number of hydrogen-bond donors (Lipinski definition) is 2. The first-order chi connectivity index (χ1) is 12.8. The lowest BCUT2D eigenvalue weighted by Crippen LogP contribution is -2.53. The van der Waals surface area contributed by atoms with Crippen LogP contribution in [0.1, 0.15) is 23.4 Å². The number of carboxylic acids is 1. The monoisotopic (exact) mass is 404 g/mol. The summed E-state index contributed by atoms with van der Waals surface area (Å²) in [7, 11) is 0. The number of rotatable bonds is 3. The summed E-state index contributed by atoms with van der Waals surface area (Å²) in [6.45, 7) is 3.28. The van der Waals surface area contributed by atoms with E-state index < -0.39 is 35.3 Å². The van der Waals surface area contributed by atoms with E-state index in [2.05, 4.69) is 5.32 Å². The van der Waals surface area contributed by atoms with Crippen molar-refractivity contribution in [1.82, 2.24) is 5.32 Å². The molecule has 4 atom stereocenters. The number of benzene rings is 1. The molecule has 0 radical (unpaired) electrons. The Bertz CT molecular complexity index is 974. The lowest BCUT2D eigenvalue weighted by Gasteiger charge is -2.27. The van der Waals surface area contributed by atoms with Crippen LogP contribution in [0.3, 0.4) is 0 Å². The number of para-hydroxylation sites is 1. The topological polar surface area (TPSA) is 86.7 Å². The lowest BCUT2D eigenvalue weighted by molar-refractivity contribution is -0.147. The van der Waals surface area contributed by atoms with Gasteiger partial charge in [-0.15, -0.1) is 11.3 Å². The van der Waals surface area contributed by atoms with Crippen LogP contribution in [0.5, 0.6) is 0 Å². The number of nitrogens with one attached hydrogen (secondary N) is 1. The summed E-state index contributed by atoms with van der Waals surface area (Å²) in [4.78, 5) is 40.5. The van der Waals surface area contributed by atoms with Gasteiger partial charge in [-0.2, -0.15) is 0 Å². The zero-order valence-corrected chi connectivity index (χ0v) is 16.2. The first kappa shape index (κ1) is 18.2. The van der Waals surface area contributed by atoms with Gasteiger partial charge in [-0.1, -0.05) is 29.8 Å². The van der Waals surface area contributed by atoms with Crippen molar-refractivity contribution in [2.75, 3.05) is 4.90 Å². The normalized spacial score (nSPS) is 30.0. The van der Waals surface area contributed by atoms with Crippen molar-refractivity contribution in [3.05, 3.63) is 51.2 Å². The molecular formula is C19H17ClN2O4S. The second-order valence-corrected chi connectivity index (χ2v) is 8.82. The van der Waals surface area contributed by atoms with Gasteiger partial charge in [0.2, 0.25) is 11.8 Å². The van der Waals surface area contributed by atoms with Gasteiger partial charge in [-0.25, -0.2) is 4.90 Å². The number of imide groups is 1. The molecule has 1 aromatic heterocycles. The van der Waals surface area contributed by atoms with E-state index in [0.29, 0.717) is 10.0 Å². The van der Waals surface area contributed by atoms with Crippen LogP contribution < -0.4 is 10.2 Å². The number of thiophene rings is 1. The fraction of sp³-hybridized carbons (Fsp3) is 0.316. The van der Waals surface area contributed by atoms with Crippen LogP contribution in [0.4, 0.5) is 5.69 Å². The molecular weight excluding hydrogens is 388 g/mol. The van der Waals surface area contributed by atoms with Crippen molar-refractivity contribution in [2.45, 2.75) is 25.4 Å². The molecule has 4 rings (SSSR count). The van der Waals surface area contributed by atoms with Gasteiger partial charge in [0.05, 0.1) is 27.9 Å². The number of nitrogens with zero attached hydrogens (tertiary/aromatic N) is 1. The molecule has 2 N–H and O–H groups in total. The zero-order valence-electron chi connectivity index (χ0n) is 14.6. The quantitative estimate of drug-likeness (QED) is 0.768. The molecule has 6 nitrogen and oxygen atoms in total. The van der Waals surface area contributed by atoms with Crippen molar-refractivity contribution in [1.29, 1.82) is 0 Å². The number of amides is 2. The van der Waals surface area contributed by atoms with Gasteiger partial charge >= 0.3 is 5.97 Å². The standard InChI is InChI=1S/C19H17ClN2O4S/c1-9-5-3-4-6-10(9)22-16(23)13-14(17(22)24)19(2,18(25)26)21-15(13)11-7-8-12(20)27-11/h3-8,13-15,21H,1-2H3,(H,25,26). The number of carboxylic acid groups (broad SMARTS) is 1. The van der Waals surface area contributed by atoms with Crippen molar-refractivity contribution >= 4 is 46.4 Å². The molecule has 0 spiro atoms. The van der Waals surface area contributed by atoms with Gasteiger partial charge in [0.25, 0.3) is 0 Å². The van der Waals surface area contributed by atoms with E-state index in [4.69, 9.17) is 11.6 Å². The van der Waals surface area contributed by atoms with Crippen molar-refractivity contribution < 1.29 is 19.5 Å². The summed E-state index contributed by atoms with van der Waals surface area (Å²) < 4.78 is 0.541. The Balaban J connectivity index is 1.85. The number of aliphatic carboxylic acids is 1. The molecule has 3 heterocycles. The van der Waals surface area contributed by atoms with Crippen LogP contribution in [-0.2, 0) is 14.4 Å². The first-order valence-corrected chi connectivity index (χ1v) is 9.65. The lowest BCUT2D eigenvalue weighted by atomic mass is 9.81. The molecule has 0 aliphatic carbocycles. The third-order valence-electron chi connectivity index (χ3n) is 5.49. The van der Waals surface area contributed by atoms with E-state index in [1.807, 2.05) is 19.1 Å². The highest BCUT2D eigenvalue weighted by Gasteiger charge is 2.67. The summed E-state index contributed by atoms with van der Waals surface area (Å²) >= 11 is 7.32. The SMILES string of the molecule is Cc1ccccc1N1C(=O)C2C(c3ccc(Cl)s3)NC(C)(C(=O)O)C2C1=O. The van der Waals surface area contributed by atoms with Crippen LogP contribution in [0, 0.1) is 18.8 Å². The number of anilines is 1. The highest BCUT2D eigenvalue weighted by molar-refractivity contribution is 7.16. The molecule has 2 fully saturated rings. The molecule has 2 aromatic rings. The van der Waals surface area contributed by atoms with Crippen molar-refractivity contribution in [3.8, 4) is 0 Å². The van der Waals surface area contributed by atoms with Crippen LogP contribution in [0.25, 0.3) is 0 Å². The van der Waals surface area contributed by atoms with E-state index in [-0.39, 0.29) is 5.91 Å². The molecule has 4 unspecified atom stereocenters. The number of aryl methyl sites for hydroxylation is 1. The number of halogens is 1. The predicted octanol–water partition coefficient (Wildman–Crippen LogP) is 3.00. The molecule has 2 aliphatic heterocycles. The summed E-state index contributed by atoms with van der Waals surface area (Å²) in [5.41, 5.74) is -0.270. The average molecular weight is 405 g/mol. The maximum Gasteiger partial charge on any atom is 0.324 e. The average Bonchev–Trinajstić information content (AvgIpc) is 3.25. The first-order valence-electron chi connectivity index (χ1n) is 8.45. The Morgan fingerprint density at radius 3 is 2.52 bits per heavy atom. The Labute approximate surface area is 164 Å². The summed E-state index contributed by atoms with van der Waals surface area (Å²) in [5.74, 6) is -3.82. The van der Waals surface area contributed by atoms with E-state index in [9.17, 15) is 19.5 Å². The molecule has 0 saturated carbocycles. The number of carbonyl (C=O) groups is 3. The smallest absolute Gasteiger partial charge is 0.324 e. The summed E-state index contributed by atoms with van der Waals surface area (Å²) in [6.07, 6.45) is 0. The summed E-state index contributed by atoms with van der Waals surface area (Å²) in [5, 5.41) is 12.9. The number of hydrogen-bond acceptors (Lipinski definition) is 5. The molecule has 2 amide bonds. The fourth-order valence-electron chi connectivity index (χ4n) is 4.13. The predicted molar refractivity (Wildman–Crippen MR) is 102 cm³/mol. The van der Waals surface area contributed by atoms with Crippen LogP contribution in [0.15, 0.2) is 36.4 Å².